The summed E-state index contributed by atoms with van der Waals surface area (Å²) < 4.78 is 12.1. The Morgan fingerprint density at radius 2 is 1.17 bits per heavy atom. The molecule has 15 nitrogen and oxygen atoms in total. The van der Waals surface area contributed by atoms with Gasteiger partial charge < -0.3 is 44.9 Å². The number of phenolic OH excluding ortho intramolecular Hbond substituents is 2. The first-order valence-corrected chi connectivity index (χ1v) is 13.3. The van der Waals surface area contributed by atoms with Crippen molar-refractivity contribution < 1.29 is 93.6 Å². The Hall–Kier alpha value is -4.67. The first-order valence-electron chi connectivity index (χ1n) is 13.3. The second kappa shape index (κ2) is 13.4. The Morgan fingerprint density at radius 3 is 1.63 bits per heavy atom. The van der Waals surface area contributed by atoms with E-state index in [9.17, 15) is 54.6 Å². The van der Waals surface area contributed by atoms with Gasteiger partial charge in [-0.05, 0) is 18.2 Å². The molecule has 2 heterocycles. The number of carbonyl (C=O) groups excluding carboxylic acids is 2. The van der Waals surface area contributed by atoms with E-state index in [0.29, 0.717) is 5.56 Å². The molecule has 2 aliphatic heterocycles. The number of ether oxygens (including phenoxy) is 2. The van der Waals surface area contributed by atoms with E-state index in [1.165, 1.54) is 30.3 Å². The van der Waals surface area contributed by atoms with Crippen LogP contribution >= 0.6 is 0 Å². The summed E-state index contributed by atoms with van der Waals surface area (Å²) in [5.74, 6) is -6.96. The maximum absolute atomic E-state index is 13.3. The van der Waals surface area contributed by atoms with Crippen LogP contribution < -0.4 is 39.4 Å². The third kappa shape index (κ3) is 6.63. The van der Waals surface area contributed by atoms with Crippen molar-refractivity contribution in [1.82, 2.24) is 9.80 Å². The standard InChI is InChI=1S/C30H26N2O13.Na/c33-21-7-23-19(5-15(21)9-31(11-25(35)36)12-26(37)38)30(18-4-2-1-3-17(18)29(43)45-30)20-6-16(22(34)8-24(20)44-23)10-32(13-27(39)40)14-28(41)42;/h1-8,33-34H,9-14H2,(H,35,36)(H,37,38)(H,39,40)(H,41,42);/q;+1/p-1. The molecular weight excluding hydrogens is 619 g/mol. The SMILES string of the molecule is O=C([O-])CN(CC(=O)O)Cc1cc2c(cc1O)Oc1cc(O)c(CN(CC(=O)O)CC(=O)O)cc1C21OC(=O)c2ccccc21.[Na+]. The van der Waals surface area contributed by atoms with Gasteiger partial charge in [-0.3, -0.25) is 24.2 Å². The summed E-state index contributed by atoms with van der Waals surface area (Å²) in [6, 6.07) is 11.6. The minimum Gasteiger partial charge on any atom is -0.549 e. The summed E-state index contributed by atoms with van der Waals surface area (Å²) in [5, 5.41) is 60.9. The molecule has 0 fully saturated rings. The minimum absolute atomic E-state index is 0. The molecule has 2 aliphatic rings. The van der Waals surface area contributed by atoms with E-state index >= 15 is 0 Å². The average molecular weight is 645 g/mol. The van der Waals surface area contributed by atoms with Crippen molar-refractivity contribution in [3.63, 3.8) is 0 Å². The largest absolute Gasteiger partial charge is 1.00 e. The predicted octanol–water partition coefficient (Wildman–Crippen LogP) is -2.72. The molecule has 0 saturated carbocycles. The molecule has 5 N–H and O–H groups in total. The fourth-order valence-corrected chi connectivity index (χ4v) is 5.65. The Kier molecular flexibility index (Phi) is 9.94. The van der Waals surface area contributed by atoms with E-state index in [-0.39, 0.29) is 87.7 Å². The molecule has 0 radical (unpaired) electrons. The number of hydrogen-bond acceptors (Lipinski definition) is 12. The van der Waals surface area contributed by atoms with Gasteiger partial charge in [0.05, 0.1) is 31.2 Å². The van der Waals surface area contributed by atoms with Gasteiger partial charge in [0, 0.05) is 59.6 Å². The van der Waals surface area contributed by atoms with Gasteiger partial charge >= 0.3 is 53.4 Å². The zero-order valence-corrected chi connectivity index (χ0v) is 26.3. The van der Waals surface area contributed by atoms with Crippen molar-refractivity contribution in [2.24, 2.45) is 0 Å². The van der Waals surface area contributed by atoms with Gasteiger partial charge in [0.15, 0.2) is 5.60 Å². The van der Waals surface area contributed by atoms with Crippen LogP contribution in [0, 0.1) is 0 Å². The van der Waals surface area contributed by atoms with Gasteiger partial charge in [-0.1, -0.05) is 18.2 Å². The Labute approximate surface area is 282 Å². The predicted molar refractivity (Wildman–Crippen MR) is 146 cm³/mol. The molecule has 1 unspecified atom stereocenters. The zero-order chi connectivity index (χ0) is 32.6. The molecule has 0 saturated heterocycles. The smallest absolute Gasteiger partial charge is 0.549 e. The molecule has 0 aliphatic carbocycles. The minimum atomic E-state index is -1.77. The molecule has 1 atom stereocenters. The first-order chi connectivity index (χ1) is 21.3. The van der Waals surface area contributed by atoms with Crippen molar-refractivity contribution in [1.29, 1.82) is 0 Å². The van der Waals surface area contributed by atoms with Crippen LogP contribution in [0.25, 0.3) is 0 Å². The normalized spacial score (nSPS) is 15.7. The van der Waals surface area contributed by atoms with Crippen LogP contribution in [0.5, 0.6) is 23.0 Å². The number of carbonyl (C=O) groups is 5. The van der Waals surface area contributed by atoms with Gasteiger partial charge in [-0.2, -0.15) is 0 Å². The molecule has 1 spiro atoms. The quantitative estimate of drug-likeness (QED) is 0.0995. The van der Waals surface area contributed by atoms with Crippen LogP contribution in [-0.4, -0.2) is 91.4 Å². The second-order valence-electron chi connectivity index (χ2n) is 10.5. The fraction of sp³-hybridized carbons (Fsp3) is 0.233. The number of hydrogen-bond donors (Lipinski definition) is 5. The van der Waals surface area contributed by atoms with E-state index < -0.39 is 67.4 Å². The van der Waals surface area contributed by atoms with E-state index in [1.54, 1.807) is 18.2 Å². The molecular formula is C30H25N2NaO13. The van der Waals surface area contributed by atoms with Gasteiger partial charge in [0.1, 0.15) is 23.0 Å². The summed E-state index contributed by atoms with van der Waals surface area (Å²) in [7, 11) is 0. The Morgan fingerprint density at radius 1 is 0.717 bits per heavy atom. The maximum Gasteiger partial charge on any atom is 1.00 e. The van der Waals surface area contributed by atoms with Gasteiger partial charge in [0.25, 0.3) is 0 Å². The summed E-state index contributed by atoms with van der Waals surface area (Å²) in [6.45, 7) is -3.48. The number of phenols is 2. The number of fused-ring (bicyclic) bond motifs is 6. The van der Waals surface area contributed by atoms with Crippen molar-refractivity contribution >= 4 is 29.8 Å². The monoisotopic (exact) mass is 644 g/mol. The Balaban J connectivity index is 0.00000480. The molecule has 3 aromatic rings. The number of carboxylic acids is 4. The van der Waals surface area contributed by atoms with Crippen LogP contribution in [-0.2, 0) is 42.6 Å². The molecule has 3 aromatic carbocycles. The molecule has 5 rings (SSSR count). The number of esters is 1. The van der Waals surface area contributed by atoms with Crippen LogP contribution in [0.1, 0.15) is 38.2 Å². The number of aliphatic carboxylic acids is 4. The van der Waals surface area contributed by atoms with E-state index in [2.05, 4.69) is 0 Å². The first kappa shape index (κ1) is 34.2. The van der Waals surface area contributed by atoms with Crippen molar-refractivity contribution in [3.05, 3.63) is 81.9 Å². The molecule has 46 heavy (non-hydrogen) atoms. The molecule has 16 heteroatoms. The van der Waals surface area contributed by atoms with Crippen molar-refractivity contribution in [3.8, 4) is 23.0 Å². The molecule has 234 valence electrons. The number of rotatable bonds is 12. The fourth-order valence-electron chi connectivity index (χ4n) is 5.65. The van der Waals surface area contributed by atoms with Crippen molar-refractivity contribution in [2.45, 2.75) is 18.7 Å². The topological polar surface area (TPSA) is 234 Å². The number of nitrogens with zero attached hydrogens (tertiary/aromatic N) is 2. The van der Waals surface area contributed by atoms with Crippen molar-refractivity contribution in [2.75, 3.05) is 26.2 Å². The van der Waals surface area contributed by atoms with Gasteiger partial charge in [-0.15, -0.1) is 0 Å². The summed E-state index contributed by atoms with van der Waals surface area (Å²) in [4.78, 5) is 60.8. The summed E-state index contributed by atoms with van der Waals surface area (Å²) in [6.07, 6.45) is 0. The van der Waals surface area contributed by atoms with E-state index in [1.807, 2.05) is 0 Å². The third-order valence-electron chi connectivity index (χ3n) is 7.33. The van der Waals surface area contributed by atoms with E-state index in [0.717, 1.165) is 9.80 Å². The van der Waals surface area contributed by atoms with Crippen LogP contribution in [0.3, 0.4) is 0 Å². The van der Waals surface area contributed by atoms with Gasteiger partial charge in [0.2, 0.25) is 0 Å². The molecule has 0 bridgehead atoms. The van der Waals surface area contributed by atoms with E-state index in [4.69, 9.17) is 9.47 Å². The van der Waals surface area contributed by atoms with Crippen LogP contribution in [0.15, 0.2) is 48.5 Å². The zero-order valence-electron chi connectivity index (χ0n) is 24.3. The Bertz CT molecular complexity index is 1630. The summed E-state index contributed by atoms with van der Waals surface area (Å²) >= 11 is 0. The molecule has 0 aromatic heterocycles. The maximum atomic E-state index is 13.3. The number of aromatic hydroxyl groups is 2. The second-order valence-corrected chi connectivity index (χ2v) is 10.5. The average Bonchev–Trinajstić information content (AvgIpc) is 3.22. The van der Waals surface area contributed by atoms with Crippen LogP contribution in [0.2, 0.25) is 0 Å². The number of benzene rings is 3. The third-order valence-corrected chi connectivity index (χ3v) is 7.33. The molecule has 0 amide bonds. The summed E-state index contributed by atoms with van der Waals surface area (Å²) in [5.41, 5.74) is -0.727. The van der Waals surface area contributed by atoms with Gasteiger partial charge in [-0.25, -0.2) is 4.79 Å². The van der Waals surface area contributed by atoms with Crippen LogP contribution in [0.4, 0.5) is 0 Å². The number of carboxylic acid groups (broad SMARTS) is 4.